The van der Waals surface area contributed by atoms with Crippen molar-refractivity contribution in [3.63, 3.8) is 0 Å². The van der Waals surface area contributed by atoms with Crippen LogP contribution in [0.2, 0.25) is 5.02 Å². The van der Waals surface area contributed by atoms with Crippen LogP contribution in [-0.2, 0) is 0 Å². The zero-order valence-electron chi connectivity index (χ0n) is 30.2. The van der Waals surface area contributed by atoms with E-state index in [4.69, 9.17) is 27.1 Å². The van der Waals surface area contributed by atoms with Crippen molar-refractivity contribution in [2.24, 2.45) is 5.92 Å². The SMILES string of the molecule is CC(C)C1C[C@@]2(CCCN(c3nc(OC[C@@]45CCCN4C[C@H](F)C5)nc4c(F)c(-c5ccc(F)c6sc(N)c(C#N)c56)c(Cl)cc34)C2)N1C(=O)n1cncn1. The Morgan fingerprint density at radius 2 is 2.02 bits per heavy atom. The van der Waals surface area contributed by atoms with Gasteiger partial charge in [-0.25, -0.2) is 22.9 Å². The number of ether oxygens (including phenoxy) is 1. The minimum atomic E-state index is -0.971. The fourth-order valence-electron chi connectivity index (χ4n) is 9.64. The topological polar surface area (TPSA) is 142 Å². The number of nitrogens with two attached hydrogens (primary N) is 1. The molecule has 4 aliphatic rings. The quantitative estimate of drug-likeness (QED) is 0.188. The molecule has 55 heavy (non-hydrogen) atoms. The third-order valence-electron chi connectivity index (χ3n) is 12.1. The average Bonchev–Trinajstić information content (AvgIpc) is 3.95. The molecule has 3 aromatic heterocycles. The fourth-order valence-corrected chi connectivity index (χ4v) is 10.9. The molecule has 0 saturated carbocycles. The van der Waals surface area contributed by atoms with E-state index in [2.05, 4.69) is 33.8 Å². The Balaban J connectivity index is 1.17. The highest BCUT2D eigenvalue weighted by molar-refractivity contribution is 7.23. The van der Waals surface area contributed by atoms with E-state index >= 15 is 8.78 Å². The maximum absolute atomic E-state index is 17.3. The van der Waals surface area contributed by atoms with Crippen LogP contribution in [0.1, 0.15) is 57.9 Å². The van der Waals surface area contributed by atoms with Gasteiger partial charge in [-0.1, -0.05) is 31.5 Å². The van der Waals surface area contributed by atoms with Gasteiger partial charge < -0.3 is 20.3 Å². The molecule has 0 aliphatic carbocycles. The lowest BCUT2D eigenvalue weighted by Gasteiger charge is -2.62. The average molecular weight is 791 g/mol. The number of fused-ring (bicyclic) bond motifs is 3. The van der Waals surface area contributed by atoms with Gasteiger partial charge in [-0.15, -0.1) is 11.3 Å². The number of anilines is 2. The minimum Gasteiger partial charge on any atom is -0.461 e. The van der Waals surface area contributed by atoms with Crippen molar-refractivity contribution in [2.75, 3.05) is 43.4 Å². The van der Waals surface area contributed by atoms with E-state index in [1.807, 2.05) is 15.9 Å². The highest BCUT2D eigenvalue weighted by Gasteiger charge is 2.57. The van der Waals surface area contributed by atoms with Gasteiger partial charge in [0.2, 0.25) is 0 Å². The van der Waals surface area contributed by atoms with E-state index in [0.29, 0.717) is 43.7 Å². The lowest BCUT2D eigenvalue weighted by molar-refractivity contribution is -0.0617. The van der Waals surface area contributed by atoms with Crippen LogP contribution >= 0.6 is 22.9 Å². The molecular formula is C38H38ClF3N10O2S. The van der Waals surface area contributed by atoms with E-state index in [-0.39, 0.29) is 72.9 Å². The zero-order valence-corrected chi connectivity index (χ0v) is 31.8. The second kappa shape index (κ2) is 13.2. The van der Waals surface area contributed by atoms with Crippen molar-refractivity contribution in [3.05, 3.63) is 53.1 Å². The molecule has 4 fully saturated rings. The second-order valence-electron chi connectivity index (χ2n) is 15.6. The molecule has 4 atom stereocenters. The van der Waals surface area contributed by atoms with Gasteiger partial charge in [0.05, 0.1) is 26.4 Å². The van der Waals surface area contributed by atoms with E-state index < -0.39 is 28.9 Å². The summed E-state index contributed by atoms with van der Waals surface area (Å²) in [5.74, 6) is -0.832. The highest BCUT2D eigenvalue weighted by Crippen LogP contribution is 2.49. The zero-order chi connectivity index (χ0) is 38.4. The monoisotopic (exact) mass is 790 g/mol. The molecule has 0 bridgehead atoms. The number of aromatic nitrogens is 5. The predicted octanol–water partition coefficient (Wildman–Crippen LogP) is 7.18. The third-order valence-corrected chi connectivity index (χ3v) is 13.5. The number of halogens is 4. The smallest absolute Gasteiger partial charge is 0.346 e. The Bertz CT molecular complexity index is 2410. The van der Waals surface area contributed by atoms with Crippen LogP contribution in [0.5, 0.6) is 6.01 Å². The van der Waals surface area contributed by atoms with Crippen LogP contribution in [0.4, 0.5) is 28.8 Å². The van der Waals surface area contributed by atoms with E-state index in [0.717, 1.165) is 43.6 Å². The number of amides is 1. The lowest BCUT2D eigenvalue weighted by atomic mass is 9.70. The number of hydrogen-bond donors (Lipinski definition) is 1. The number of thiophene rings is 1. The van der Waals surface area contributed by atoms with Gasteiger partial charge in [0.1, 0.15) is 53.7 Å². The maximum atomic E-state index is 17.3. The summed E-state index contributed by atoms with van der Waals surface area (Å²) < 4.78 is 54.8. The van der Waals surface area contributed by atoms with Gasteiger partial charge in [-0.2, -0.15) is 25.0 Å². The number of nitrogens with zero attached hydrogens (tertiary/aromatic N) is 9. The molecular weight excluding hydrogens is 753 g/mol. The number of nitriles is 1. The Labute approximate surface area is 323 Å². The number of nitrogen functional groups attached to an aromatic ring is 1. The molecule has 4 aliphatic heterocycles. The first-order valence-corrected chi connectivity index (χ1v) is 19.7. The Morgan fingerprint density at radius 1 is 1.20 bits per heavy atom. The molecule has 4 saturated heterocycles. The van der Waals surface area contributed by atoms with Crippen molar-refractivity contribution in [2.45, 2.75) is 75.7 Å². The van der Waals surface area contributed by atoms with Crippen molar-refractivity contribution < 1.29 is 22.7 Å². The van der Waals surface area contributed by atoms with Crippen molar-refractivity contribution in [3.8, 4) is 23.2 Å². The van der Waals surface area contributed by atoms with Crippen molar-refractivity contribution in [1.82, 2.24) is 34.5 Å². The highest BCUT2D eigenvalue weighted by atomic mass is 35.5. The van der Waals surface area contributed by atoms with E-state index in [1.165, 1.54) is 29.5 Å². The second-order valence-corrected chi connectivity index (χ2v) is 17.1. The van der Waals surface area contributed by atoms with Gasteiger partial charge in [0, 0.05) is 48.4 Å². The normalized spacial score (nSPS) is 25.3. The number of benzene rings is 2. The molecule has 1 unspecified atom stereocenters. The fraction of sp³-hybridized carbons (Fsp3) is 0.474. The van der Waals surface area contributed by atoms with Crippen LogP contribution in [0, 0.1) is 28.9 Å². The summed E-state index contributed by atoms with van der Waals surface area (Å²) in [5, 5.41) is 14.7. The van der Waals surface area contributed by atoms with E-state index in [1.54, 1.807) is 6.07 Å². The van der Waals surface area contributed by atoms with Gasteiger partial charge in [-0.05, 0) is 62.3 Å². The van der Waals surface area contributed by atoms with Crippen LogP contribution in [0.25, 0.3) is 32.1 Å². The largest absolute Gasteiger partial charge is 0.461 e. The third kappa shape index (κ3) is 5.60. The van der Waals surface area contributed by atoms with Crippen LogP contribution in [-0.4, -0.2) is 96.6 Å². The number of carbonyl (C=O) groups is 1. The van der Waals surface area contributed by atoms with Crippen molar-refractivity contribution in [1.29, 1.82) is 5.26 Å². The number of likely N-dealkylation sites (tertiary alicyclic amines) is 1. The molecule has 286 valence electrons. The molecule has 1 amide bonds. The first-order valence-electron chi connectivity index (χ1n) is 18.5. The minimum absolute atomic E-state index is 0.00347. The Hall–Kier alpha value is -4.72. The summed E-state index contributed by atoms with van der Waals surface area (Å²) in [6, 6.07) is 5.84. The first kappa shape index (κ1) is 35.9. The molecule has 17 heteroatoms. The summed E-state index contributed by atoms with van der Waals surface area (Å²) in [6.07, 6.45) is 5.96. The molecule has 2 aromatic carbocycles. The van der Waals surface area contributed by atoms with Gasteiger partial charge in [0.15, 0.2) is 5.82 Å². The molecule has 9 rings (SSSR count). The summed E-state index contributed by atoms with van der Waals surface area (Å²) in [4.78, 5) is 33.5. The maximum Gasteiger partial charge on any atom is 0.346 e. The number of alkyl halides is 1. The summed E-state index contributed by atoms with van der Waals surface area (Å²) in [5.41, 5.74) is 5.12. The van der Waals surface area contributed by atoms with Gasteiger partial charge in [-0.3, -0.25) is 4.90 Å². The number of hydrogen-bond acceptors (Lipinski definition) is 11. The Morgan fingerprint density at radius 3 is 2.78 bits per heavy atom. The van der Waals surface area contributed by atoms with Gasteiger partial charge >= 0.3 is 12.0 Å². The molecule has 0 radical (unpaired) electrons. The predicted molar refractivity (Wildman–Crippen MR) is 203 cm³/mol. The van der Waals surface area contributed by atoms with E-state index in [9.17, 15) is 14.4 Å². The van der Waals surface area contributed by atoms with Gasteiger partial charge in [0.25, 0.3) is 0 Å². The van der Waals surface area contributed by atoms with Crippen LogP contribution in [0.15, 0.2) is 30.9 Å². The first-order chi connectivity index (χ1) is 26.4. The van der Waals surface area contributed by atoms with Crippen LogP contribution in [0.3, 0.4) is 0 Å². The van der Waals surface area contributed by atoms with Crippen LogP contribution < -0.4 is 15.4 Å². The summed E-state index contributed by atoms with van der Waals surface area (Å²) >= 11 is 7.88. The molecule has 1 spiro atoms. The summed E-state index contributed by atoms with van der Waals surface area (Å²) in [7, 11) is 0. The summed E-state index contributed by atoms with van der Waals surface area (Å²) in [6.45, 7) is 6.34. The molecule has 5 aromatic rings. The number of piperidine rings is 1. The molecule has 2 N–H and O–H groups in total. The number of rotatable bonds is 6. The molecule has 7 heterocycles. The molecule has 12 nitrogen and oxygen atoms in total. The standard InChI is InChI=1S/C38H38ClF3N10O2S/c1-20(2)27-13-37(52(27)36(53)51-19-45-18-46-51)7-3-9-49(16-37)34-23-11-25(39)29(22-5-6-26(41)32-28(22)24(14-43)33(44)55-32)30(42)31(23)47-35(48-34)54-17-38-8-4-10-50(38)15-21(40)12-38/h5-6,11,18-21,27H,3-4,7-10,12-13,15-17,44H2,1-2H3/t21-,27?,37-,38+/m1/s1. The Kier molecular flexibility index (Phi) is 8.63. The number of carbonyl (C=O) groups excluding carboxylic acids is 1. The lowest BCUT2D eigenvalue weighted by Crippen LogP contribution is -2.74. The van der Waals surface area contributed by atoms with Crippen molar-refractivity contribution >= 4 is 60.8 Å².